The topological polar surface area (TPSA) is 134 Å². The van der Waals surface area contributed by atoms with Gasteiger partial charge in [-0.25, -0.2) is 9.37 Å². The van der Waals surface area contributed by atoms with E-state index in [2.05, 4.69) is 20.3 Å². The first kappa shape index (κ1) is 22.8. The van der Waals surface area contributed by atoms with E-state index in [1.807, 2.05) is 6.92 Å². The van der Waals surface area contributed by atoms with E-state index in [1.54, 1.807) is 37.5 Å². The lowest BCUT2D eigenvalue weighted by atomic mass is 9.69. The summed E-state index contributed by atoms with van der Waals surface area (Å²) in [6.45, 7) is 3.54. The maximum absolute atomic E-state index is 13.2. The van der Waals surface area contributed by atoms with E-state index in [-0.39, 0.29) is 23.2 Å². The van der Waals surface area contributed by atoms with Gasteiger partial charge in [0.2, 0.25) is 0 Å². The Morgan fingerprint density at radius 1 is 1.18 bits per heavy atom. The molecule has 1 saturated carbocycles. The zero-order chi connectivity index (χ0) is 23.8. The van der Waals surface area contributed by atoms with Gasteiger partial charge in [-0.2, -0.15) is 0 Å². The highest BCUT2D eigenvalue weighted by Crippen LogP contribution is 2.43. The summed E-state index contributed by atoms with van der Waals surface area (Å²) in [7, 11) is 0. The molecule has 172 valence electrons. The van der Waals surface area contributed by atoms with Crippen molar-refractivity contribution >= 4 is 17.3 Å². The van der Waals surface area contributed by atoms with Gasteiger partial charge in [0.1, 0.15) is 5.82 Å². The zero-order valence-corrected chi connectivity index (χ0v) is 18.4. The molecule has 0 saturated heterocycles. The van der Waals surface area contributed by atoms with Crippen LogP contribution in [0.5, 0.6) is 0 Å². The highest BCUT2D eigenvalue weighted by atomic mass is 19.1. The average Bonchev–Trinajstić information content (AvgIpc) is 2.79. The minimum atomic E-state index is -1.17. The molecule has 1 aliphatic carbocycles. The van der Waals surface area contributed by atoms with Gasteiger partial charge < -0.3 is 21.3 Å². The van der Waals surface area contributed by atoms with Gasteiger partial charge in [0.15, 0.2) is 5.69 Å². The molecule has 4 atom stereocenters. The molecule has 1 fully saturated rings. The summed E-state index contributed by atoms with van der Waals surface area (Å²) in [4.78, 5) is 25.6. The molecule has 3 aromatic rings. The number of pyridine rings is 3. The summed E-state index contributed by atoms with van der Waals surface area (Å²) in [5, 5.41) is 23.8. The summed E-state index contributed by atoms with van der Waals surface area (Å²) in [6, 6.07) is 7.69. The van der Waals surface area contributed by atoms with E-state index < -0.39 is 23.4 Å². The molecular weight excluding hydrogens is 425 g/mol. The summed E-state index contributed by atoms with van der Waals surface area (Å²) in [6.07, 6.45) is 4.35. The summed E-state index contributed by atoms with van der Waals surface area (Å²) >= 11 is 0. The first-order valence-corrected chi connectivity index (χ1v) is 10.7. The average molecular weight is 452 g/mol. The molecule has 3 heterocycles. The third-order valence-electron chi connectivity index (χ3n) is 6.49. The quantitative estimate of drug-likeness (QED) is 0.479. The molecular formula is C24H26FN5O3. The number of halogens is 1. The maximum atomic E-state index is 13.2. The van der Waals surface area contributed by atoms with Gasteiger partial charge in [-0.15, -0.1) is 0 Å². The van der Waals surface area contributed by atoms with Gasteiger partial charge in [-0.05, 0) is 67.5 Å². The number of carbonyl (C=O) groups excluding carboxylic acids is 1. The lowest BCUT2D eigenvalue weighted by Gasteiger charge is -2.43. The number of rotatable bonds is 4. The number of nitrogen functional groups attached to an aromatic ring is 1. The fourth-order valence-corrected chi connectivity index (χ4v) is 4.22. The van der Waals surface area contributed by atoms with Crippen LogP contribution in [0.25, 0.3) is 11.4 Å². The van der Waals surface area contributed by atoms with Gasteiger partial charge in [0.25, 0.3) is 5.91 Å². The molecule has 0 aromatic carbocycles. The minimum absolute atomic E-state index is 0.00779. The van der Waals surface area contributed by atoms with E-state index in [0.717, 1.165) is 11.8 Å². The largest absolute Gasteiger partial charge is 0.397 e. The van der Waals surface area contributed by atoms with Crippen LogP contribution in [0.4, 0.5) is 15.8 Å². The molecule has 33 heavy (non-hydrogen) atoms. The third kappa shape index (κ3) is 4.55. The van der Waals surface area contributed by atoms with Crippen LogP contribution in [0.3, 0.4) is 0 Å². The van der Waals surface area contributed by atoms with Crippen LogP contribution in [-0.2, 0) is 0 Å². The second kappa shape index (κ2) is 8.84. The van der Waals surface area contributed by atoms with Gasteiger partial charge in [0.05, 0.1) is 46.9 Å². The van der Waals surface area contributed by atoms with Crippen LogP contribution >= 0.6 is 0 Å². The SMILES string of the molecule is C[C@H]1C[C@@H](c2ccncc2NC(=O)c2nc(-c3ccc(F)cn3)ccc2N)C[C@@H](O)[C@]1(C)O. The van der Waals surface area contributed by atoms with Crippen LogP contribution < -0.4 is 11.1 Å². The number of anilines is 2. The Morgan fingerprint density at radius 3 is 2.64 bits per heavy atom. The summed E-state index contributed by atoms with van der Waals surface area (Å²) in [5.41, 5.74) is 7.13. The molecule has 5 N–H and O–H groups in total. The number of amides is 1. The van der Waals surface area contributed by atoms with Crippen molar-refractivity contribution < 1.29 is 19.4 Å². The molecule has 0 bridgehead atoms. The number of aliphatic hydroxyl groups excluding tert-OH is 1. The van der Waals surface area contributed by atoms with E-state index in [0.29, 0.717) is 29.9 Å². The smallest absolute Gasteiger partial charge is 0.276 e. The Morgan fingerprint density at radius 2 is 1.94 bits per heavy atom. The van der Waals surface area contributed by atoms with Crippen LogP contribution in [0.1, 0.15) is 48.7 Å². The highest BCUT2D eigenvalue weighted by Gasteiger charge is 2.43. The predicted octanol–water partition coefficient (Wildman–Crippen LogP) is 3.14. The maximum Gasteiger partial charge on any atom is 0.276 e. The molecule has 8 nitrogen and oxygen atoms in total. The van der Waals surface area contributed by atoms with Crippen molar-refractivity contribution in [1.29, 1.82) is 0 Å². The first-order valence-electron chi connectivity index (χ1n) is 10.7. The van der Waals surface area contributed by atoms with Gasteiger partial charge >= 0.3 is 0 Å². The molecule has 0 aliphatic heterocycles. The summed E-state index contributed by atoms with van der Waals surface area (Å²) < 4.78 is 13.2. The number of carbonyl (C=O) groups is 1. The lowest BCUT2D eigenvalue weighted by molar-refractivity contribution is -0.123. The molecule has 1 amide bonds. The molecule has 3 aromatic heterocycles. The molecule has 9 heteroatoms. The van der Waals surface area contributed by atoms with Crippen LogP contribution in [0.2, 0.25) is 0 Å². The van der Waals surface area contributed by atoms with E-state index in [1.165, 1.54) is 12.1 Å². The fraction of sp³-hybridized carbons (Fsp3) is 0.333. The number of aromatic nitrogens is 3. The Labute approximate surface area is 190 Å². The molecule has 4 rings (SSSR count). The number of hydrogen-bond donors (Lipinski definition) is 4. The van der Waals surface area contributed by atoms with Crippen molar-refractivity contribution in [1.82, 2.24) is 15.0 Å². The van der Waals surface area contributed by atoms with Crippen LogP contribution in [0, 0.1) is 11.7 Å². The highest BCUT2D eigenvalue weighted by molar-refractivity contribution is 6.06. The van der Waals surface area contributed by atoms with Crippen molar-refractivity contribution in [3.05, 3.63) is 66.0 Å². The Bertz CT molecular complexity index is 1160. The van der Waals surface area contributed by atoms with Crippen molar-refractivity contribution in [3.63, 3.8) is 0 Å². The lowest BCUT2D eigenvalue weighted by Crippen LogP contribution is -2.49. The molecule has 0 unspecified atom stereocenters. The number of hydrogen-bond acceptors (Lipinski definition) is 7. The normalized spacial score (nSPS) is 24.9. The van der Waals surface area contributed by atoms with E-state index >= 15 is 0 Å². The van der Waals surface area contributed by atoms with Crippen LogP contribution in [-0.4, -0.2) is 42.8 Å². The van der Waals surface area contributed by atoms with Gasteiger partial charge in [-0.1, -0.05) is 6.92 Å². The summed E-state index contributed by atoms with van der Waals surface area (Å²) in [5.74, 6) is -1.21. The van der Waals surface area contributed by atoms with E-state index in [4.69, 9.17) is 5.73 Å². The molecule has 0 spiro atoms. The van der Waals surface area contributed by atoms with E-state index in [9.17, 15) is 19.4 Å². The number of nitrogens with two attached hydrogens (primary N) is 1. The number of nitrogens with zero attached hydrogens (tertiary/aromatic N) is 3. The second-order valence-electron chi connectivity index (χ2n) is 8.72. The Kier molecular flexibility index (Phi) is 6.09. The first-order chi connectivity index (χ1) is 15.7. The van der Waals surface area contributed by atoms with Crippen molar-refractivity contribution in [2.24, 2.45) is 5.92 Å². The predicted molar refractivity (Wildman–Crippen MR) is 122 cm³/mol. The fourth-order valence-electron chi connectivity index (χ4n) is 4.22. The minimum Gasteiger partial charge on any atom is -0.397 e. The monoisotopic (exact) mass is 451 g/mol. The Balaban J connectivity index is 1.60. The molecule has 1 aliphatic rings. The second-order valence-corrected chi connectivity index (χ2v) is 8.72. The standard InChI is InChI=1S/C24H26FN5O3/c1-13-9-14(10-21(31)24(13,2)33)16-7-8-27-12-20(16)30-23(32)22-17(26)4-6-19(29-22)18-5-3-15(25)11-28-18/h3-8,11-14,21,31,33H,9-10,26H2,1-2H3,(H,30,32)/t13-,14+,21+,24+/m0/s1. The zero-order valence-electron chi connectivity index (χ0n) is 18.4. The van der Waals surface area contributed by atoms with Crippen molar-refractivity contribution in [3.8, 4) is 11.4 Å². The van der Waals surface area contributed by atoms with Crippen molar-refractivity contribution in [2.75, 3.05) is 11.1 Å². The Hall–Kier alpha value is -3.43. The number of aliphatic hydroxyl groups is 2. The number of nitrogens with one attached hydrogen (secondary N) is 1. The van der Waals surface area contributed by atoms with Gasteiger partial charge in [0, 0.05) is 6.20 Å². The van der Waals surface area contributed by atoms with Crippen molar-refractivity contribution in [2.45, 2.75) is 44.3 Å². The third-order valence-corrected chi connectivity index (χ3v) is 6.49. The van der Waals surface area contributed by atoms with Crippen LogP contribution in [0.15, 0.2) is 48.9 Å². The molecule has 0 radical (unpaired) electrons. The van der Waals surface area contributed by atoms with Gasteiger partial charge in [-0.3, -0.25) is 14.8 Å².